The summed E-state index contributed by atoms with van der Waals surface area (Å²) in [7, 11) is 0. The van der Waals surface area contributed by atoms with Crippen LogP contribution >= 0.6 is 0 Å². The van der Waals surface area contributed by atoms with Gasteiger partial charge in [-0.1, -0.05) is 36.4 Å². The third-order valence-corrected chi connectivity index (χ3v) is 2.45. The van der Waals surface area contributed by atoms with Gasteiger partial charge in [0.05, 0.1) is 11.6 Å². The van der Waals surface area contributed by atoms with Crippen LogP contribution in [0.2, 0.25) is 0 Å². The van der Waals surface area contributed by atoms with Gasteiger partial charge in [0.2, 0.25) is 0 Å². The largest absolute Gasteiger partial charge is 0.444 e. The van der Waals surface area contributed by atoms with E-state index in [1.807, 2.05) is 36.4 Å². The van der Waals surface area contributed by atoms with Crippen LogP contribution in [0.25, 0.3) is 0 Å². The Morgan fingerprint density at radius 2 is 1.95 bits per heavy atom. The summed E-state index contributed by atoms with van der Waals surface area (Å²) >= 11 is 0. The molecule has 0 bridgehead atoms. The van der Waals surface area contributed by atoms with Crippen molar-refractivity contribution in [2.75, 3.05) is 5.32 Å². The summed E-state index contributed by atoms with van der Waals surface area (Å²) in [5.74, 6) is 0. The summed E-state index contributed by atoms with van der Waals surface area (Å²) < 4.78 is 5.07. The molecule has 4 nitrogen and oxygen atoms in total. The molecule has 0 aliphatic rings. The Labute approximate surface area is 111 Å². The second-order valence-electron chi connectivity index (χ2n) is 3.88. The highest BCUT2D eigenvalue weighted by atomic mass is 16.5. The third kappa shape index (κ3) is 3.86. The highest BCUT2D eigenvalue weighted by molar-refractivity contribution is 5.84. The summed E-state index contributed by atoms with van der Waals surface area (Å²) in [4.78, 5) is 11.6. The number of nitriles is 1. The maximum atomic E-state index is 11.6. The molecule has 0 radical (unpaired) electrons. The lowest BCUT2D eigenvalue weighted by Crippen LogP contribution is -2.13. The van der Waals surface area contributed by atoms with E-state index >= 15 is 0 Å². The van der Waals surface area contributed by atoms with E-state index in [9.17, 15) is 4.79 Å². The lowest BCUT2D eigenvalue weighted by molar-refractivity contribution is 0.155. The Kier molecular flexibility index (Phi) is 4.14. The average molecular weight is 252 g/mol. The molecule has 0 aliphatic heterocycles. The Morgan fingerprint density at radius 1 is 1.16 bits per heavy atom. The van der Waals surface area contributed by atoms with Crippen molar-refractivity contribution >= 4 is 11.8 Å². The van der Waals surface area contributed by atoms with Crippen molar-refractivity contribution in [2.45, 2.75) is 6.61 Å². The fourth-order valence-corrected chi connectivity index (χ4v) is 1.54. The molecule has 0 spiro atoms. The highest BCUT2D eigenvalue weighted by Crippen LogP contribution is 2.10. The van der Waals surface area contributed by atoms with E-state index in [0.29, 0.717) is 11.3 Å². The van der Waals surface area contributed by atoms with Gasteiger partial charge in [-0.3, -0.25) is 5.32 Å². The molecule has 2 aromatic rings. The SMILES string of the molecule is N#Cc1cccc(NC(=O)OCc2ccccc2)c1. The molecule has 0 saturated carbocycles. The summed E-state index contributed by atoms with van der Waals surface area (Å²) in [6.45, 7) is 0.213. The summed E-state index contributed by atoms with van der Waals surface area (Å²) in [5.41, 5.74) is 1.95. The van der Waals surface area contributed by atoms with Crippen LogP contribution in [0.4, 0.5) is 10.5 Å². The molecule has 0 fully saturated rings. The van der Waals surface area contributed by atoms with Crippen LogP contribution in [0.1, 0.15) is 11.1 Å². The molecule has 0 unspecified atom stereocenters. The number of hydrogen-bond acceptors (Lipinski definition) is 3. The minimum Gasteiger partial charge on any atom is -0.444 e. The summed E-state index contributed by atoms with van der Waals surface area (Å²) in [5, 5.41) is 11.3. The predicted octanol–water partition coefficient (Wildman–Crippen LogP) is 3.31. The topological polar surface area (TPSA) is 62.1 Å². The van der Waals surface area contributed by atoms with E-state index in [-0.39, 0.29) is 6.61 Å². The zero-order valence-electron chi connectivity index (χ0n) is 10.2. The second-order valence-corrected chi connectivity index (χ2v) is 3.88. The molecular formula is C15H12N2O2. The molecular weight excluding hydrogens is 240 g/mol. The maximum Gasteiger partial charge on any atom is 0.411 e. The van der Waals surface area contributed by atoms with Gasteiger partial charge in [-0.05, 0) is 23.8 Å². The molecule has 0 saturated heterocycles. The Bertz CT molecular complexity index is 603. The number of benzene rings is 2. The number of nitrogens with zero attached hydrogens (tertiary/aromatic N) is 1. The molecule has 94 valence electrons. The standard InChI is InChI=1S/C15H12N2O2/c16-10-13-7-4-8-14(9-13)17-15(18)19-11-12-5-2-1-3-6-12/h1-9H,11H2,(H,17,18). The molecule has 2 aromatic carbocycles. The van der Waals surface area contributed by atoms with Gasteiger partial charge >= 0.3 is 6.09 Å². The molecule has 1 amide bonds. The molecule has 2 rings (SSSR count). The van der Waals surface area contributed by atoms with Gasteiger partial charge in [-0.25, -0.2) is 4.79 Å². The Balaban J connectivity index is 1.89. The van der Waals surface area contributed by atoms with E-state index in [1.165, 1.54) is 0 Å². The number of rotatable bonds is 3. The molecule has 0 aromatic heterocycles. The highest BCUT2D eigenvalue weighted by Gasteiger charge is 2.04. The van der Waals surface area contributed by atoms with Crippen molar-refractivity contribution in [2.24, 2.45) is 0 Å². The zero-order valence-corrected chi connectivity index (χ0v) is 10.2. The van der Waals surface area contributed by atoms with Crippen molar-refractivity contribution in [1.82, 2.24) is 0 Å². The van der Waals surface area contributed by atoms with E-state index in [0.717, 1.165) is 5.56 Å². The lowest BCUT2D eigenvalue weighted by atomic mass is 10.2. The third-order valence-electron chi connectivity index (χ3n) is 2.45. The van der Waals surface area contributed by atoms with E-state index in [2.05, 4.69) is 5.32 Å². The van der Waals surface area contributed by atoms with Crippen molar-refractivity contribution in [3.8, 4) is 6.07 Å². The average Bonchev–Trinajstić information content (AvgIpc) is 2.46. The molecule has 0 aliphatic carbocycles. The van der Waals surface area contributed by atoms with Crippen LogP contribution in [-0.2, 0) is 11.3 Å². The number of carbonyl (C=O) groups is 1. The summed E-state index contributed by atoms with van der Waals surface area (Å²) in [6, 6.07) is 18.1. The number of ether oxygens (including phenoxy) is 1. The Morgan fingerprint density at radius 3 is 2.68 bits per heavy atom. The number of hydrogen-bond donors (Lipinski definition) is 1. The monoisotopic (exact) mass is 252 g/mol. The fraction of sp³-hybridized carbons (Fsp3) is 0.0667. The van der Waals surface area contributed by atoms with Crippen LogP contribution in [0.5, 0.6) is 0 Å². The molecule has 0 atom stereocenters. The van der Waals surface area contributed by atoms with Crippen LogP contribution < -0.4 is 5.32 Å². The van der Waals surface area contributed by atoms with Crippen LogP contribution in [0, 0.1) is 11.3 Å². The van der Waals surface area contributed by atoms with Crippen molar-refractivity contribution in [3.05, 3.63) is 65.7 Å². The zero-order chi connectivity index (χ0) is 13.5. The number of carbonyl (C=O) groups excluding carboxylic acids is 1. The van der Waals surface area contributed by atoms with Crippen molar-refractivity contribution < 1.29 is 9.53 Å². The maximum absolute atomic E-state index is 11.6. The number of nitrogens with one attached hydrogen (secondary N) is 1. The molecule has 19 heavy (non-hydrogen) atoms. The first-order valence-corrected chi connectivity index (χ1v) is 5.76. The van der Waals surface area contributed by atoms with E-state index < -0.39 is 6.09 Å². The number of anilines is 1. The number of amides is 1. The first kappa shape index (κ1) is 12.7. The molecule has 0 heterocycles. The molecule has 1 N–H and O–H groups in total. The van der Waals surface area contributed by atoms with E-state index in [4.69, 9.17) is 10.00 Å². The van der Waals surface area contributed by atoms with Gasteiger partial charge in [0.1, 0.15) is 6.61 Å². The fourth-order valence-electron chi connectivity index (χ4n) is 1.54. The van der Waals surface area contributed by atoms with Crippen LogP contribution in [0.3, 0.4) is 0 Å². The Hall–Kier alpha value is -2.80. The van der Waals surface area contributed by atoms with Gasteiger partial charge in [-0.2, -0.15) is 5.26 Å². The first-order chi connectivity index (χ1) is 9.28. The van der Waals surface area contributed by atoms with Crippen LogP contribution in [-0.4, -0.2) is 6.09 Å². The van der Waals surface area contributed by atoms with Crippen LogP contribution in [0.15, 0.2) is 54.6 Å². The minimum absolute atomic E-state index is 0.213. The van der Waals surface area contributed by atoms with Gasteiger partial charge in [-0.15, -0.1) is 0 Å². The van der Waals surface area contributed by atoms with Crippen molar-refractivity contribution in [1.29, 1.82) is 5.26 Å². The second kappa shape index (κ2) is 6.22. The van der Waals surface area contributed by atoms with Gasteiger partial charge < -0.3 is 4.74 Å². The lowest BCUT2D eigenvalue weighted by Gasteiger charge is -2.07. The smallest absolute Gasteiger partial charge is 0.411 e. The van der Waals surface area contributed by atoms with Crippen molar-refractivity contribution in [3.63, 3.8) is 0 Å². The minimum atomic E-state index is -0.543. The normalized spacial score (nSPS) is 9.42. The van der Waals surface area contributed by atoms with Gasteiger partial charge in [0.25, 0.3) is 0 Å². The predicted molar refractivity (Wildman–Crippen MR) is 71.4 cm³/mol. The molecule has 4 heteroatoms. The summed E-state index contributed by atoms with van der Waals surface area (Å²) in [6.07, 6.45) is -0.543. The quantitative estimate of drug-likeness (QED) is 0.911. The van der Waals surface area contributed by atoms with Gasteiger partial charge in [0.15, 0.2) is 0 Å². The first-order valence-electron chi connectivity index (χ1n) is 5.76. The van der Waals surface area contributed by atoms with E-state index in [1.54, 1.807) is 24.3 Å². The van der Waals surface area contributed by atoms with Gasteiger partial charge in [0, 0.05) is 5.69 Å².